The molecule has 5 heteroatoms. The van der Waals surface area contributed by atoms with Gasteiger partial charge in [0.2, 0.25) is 0 Å². The van der Waals surface area contributed by atoms with Crippen molar-refractivity contribution in [1.29, 1.82) is 0 Å². The second kappa shape index (κ2) is 28.1. The second-order valence-corrected chi connectivity index (χ2v) is 42.1. The maximum atomic E-state index is 2.81. The second-order valence-electron chi connectivity index (χ2n) is 42.1. The fraction of sp³-hybridized carbons (Fsp3) is 0.237. The molecule has 123 heavy (non-hydrogen) atoms. The monoisotopic (exact) mass is 1590 g/mol. The summed E-state index contributed by atoms with van der Waals surface area (Å²) in [5.74, 6) is 0.871. The Hall–Kier alpha value is -12.4. The van der Waals surface area contributed by atoms with Gasteiger partial charge in [0.15, 0.2) is 0 Å². The van der Waals surface area contributed by atoms with Crippen LogP contribution in [0.5, 0.6) is 0 Å². The molecule has 6 aliphatic rings. The molecule has 0 radical (unpaired) electrons. The molecular formula is C118H111BN4. The van der Waals surface area contributed by atoms with Crippen molar-refractivity contribution in [1.82, 2.24) is 9.13 Å². The molecule has 606 valence electrons. The number of rotatable bonds is 9. The van der Waals surface area contributed by atoms with Gasteiger partial charge in [-0.2, -0.15) is 0 Å². The fourth-order valence-electron chi connectivity index (χ4n) is 21.3. The smallest absolute Gasteiger partial charge is 0.252 e. The Balaban J connectivity index is 0.968. The molecule has 0 bridgehead atoms. The average molecular weight is 1600 g/mol. The van der Waals surface area contributed by atoms with Crippen LogP contribution in [0.1, 0.15) is 159 Å². The molecule has 0 N–H and O–H groups in total. The summed E-state index contributed by atoms with van der Waals surface area (Å²) in [5, 5.41) is 4.94. The molecule has 15 aromatic rings. The molecule has 0 spiro atoms. The minimum Gasteiger partial charge on any atom is -0.310 e. The molecule has 13 aromatic carbocycles. The van der Waals surface area contributed by atoms with Crippen molar-refractivity contribution < 1.29 is 0 Å². The van der Waals surface area contributed by atoms with Crippen molar-refractivity contribution in [3.8, 4) is 55.9 Å². The standard InChI is InChI=1S/C118H111BN4/c1-113(2,3)80-50-55-102-95(62-80)96-63-81(114(4,5)6)51-56-103(96)120(102)86-52-54-99-105(69-86)123(112-93(74-39-27-21-28-40-74)66-85(118(16,17)18)67-94(112)75-41-29-22-30-42-75)107-71-87(121-100-45-33-31-43-88(100)89-44-32-34-46-101(89)121)70-106-110(107)119(99)98-53-49-76(90-60-79-59-82(115(7,8)9)57-77-47-48-78-58-83(116(10,11)12)68-97(90)109(78)108(77)79)61-104(98)122(106)111-91(72-35-23-19-24-36-72)64-84(117(13,14)15)65-92(111)73-37-25-20-26-38-73/h19-57,59-71,78,108-109H,58H2,1-18H3. The zero-order chi connectivity index (χ0) is 85.0. The fourth-order valence-corrected chi connectivity index (χ4v) is 21.3. The molecule has 0 saturated heterocycles. The SMILES string of the molecule is CC(C)(C)C1=CC2=CC(c3ccc4c(c3)N(c3c(-c5ccccc5)cc(C(C)(C)C)cc3-c3ccccc3)c3cc(-n5c6ccccc6c6ccccc65)cc5c3B4c3ccc(-n4c6ccc(C(C)(C)C)cc6c6cc(C(C)(C)C)ccc64)cc3N5c3c(-c4ccccc4)cc(C(C)(C)C)cc3-c3ccccc3)=C3C=C(C(C)(C)C)CC4C=CC(=C1)C2C34. The zero-order valence-corrected chi connectivity index (χ0v) is 74.8. The summed E-state index contributed by atoms with van der Waals surface area (Å²) < 4.78 is 5.19. The van der Waals surface area contributed by atoms with Crippen molar-refractivity contribution in [3.05, 3.63) is 371 Å². The first-order chi connectivity index (χ1) is 58.8. The van der Waals surface area contributed by atoms with Crippen molar-refractivity contribution >= 4 is 106 Å². The summed E-state index contributed by atoms with van der Waals surface area (Å²) in [7, 11) is 0. The quantitative estimate of drug-likeness (QED) is 0.134. The van der Waals surface area contributed by atoms with Crippen molar-refractivity contribution in [2.24, 2.45) is 28.6 Å². The number of nitrogens with zero attached hydrogens (tertiary/aromatic N) is 4. The minimum absolute atomic E-state index is 0.0421. The number of hydrogen-bond donors (Lipinski definition) is 0. The van der Waals surface area contributed by atoms with Gasteiger partial charge < -0.3 is 18.9 Å². The third kappa shape index (κ3) is 12.8. The highest BCUT2D eigenvalue weighted by Crippen LogP contribution is 2.60. The number of fused-ring (bicyclic) bond motifs is 10. The molecule has 4 nitrogen and oxygen atoms in total. The maximum Gasteiger partial charge on any atom is 0.252 e. The predicted octanol–water partition coefficient (Wildman–Crippen LogP) is 30.2. The van der Waals surface area contributed by atoms with E-state index in [4.69, 9.17) is 0 Å². The van der Waals surface area contributed by atoms with Crippen LogP contribution in [0.25, 0.3) is 105 Å². The summed E-state index contributed by atoms with van der Waals surface area (Å²) in [6, 6.07) is 109. The van der Waals surface area contributed by atoms with Gasteiger partial charge in [0, 0.05) is 84.1 Å². The molecule has 0 amide bonds. The normalized spacial score (nSPS) is 17.0. The van der Waals surface area contributed by atoms with Crippen LogP contribution < -0.4 is 26.2 Å². The van der Waals surface area contributed by atoms with Crippen LogP contribution in [-0.2, 0) is 21.7 Å². The number of hydrogen-bond acceptors (Lipinski definition) is 2. The van der Waals surface area contributed by atoms with Gasteiger partial charge in [-0.15, -0.1) is 0 Å². The van der Waals surface area contributed by atoms with E-state index >= 15 is 0 Å². The van der Waals surface area contributed by atoms with Crippen LogP contribution >= 0.6 is 0 Å². The predicted molar refractivity (Wildman–Crippen MR) is 528 cm³/mol. The number of para-hydroxylation sites is 2. The van der Waals surface area contributed by atoms with Gasteiger partial charge in [-0.3, -0.25) is 0 Å². The summed E-state index contributed by atoms with van der Waals surface area (Å²) in [4.78, 5) is 5.59. The summed E-state index contributed by atoms with van der Waals surface area (Å²) in [6.07, 6.45) is 16.6. The Morgan fingerprint density at radius 3 is 1.17 bits per heavy atom. The third-order valence-electron chi connectivity index (χ3n) is 28.0. The van der Waals surface area contributed by atoms with E-state index in [2.05, 4.69) is 459 Å². The molecule has 3 unspecified atom stereocenters. The average Bonchev–Trinajstić information content (AvgIpc) is 1.35. The van der Waals surface area contributed by atoms with E-state index in [1.54, 1.807) is 0 Å². The Bertz CT molecular complexity index is 6880. The highest BCUT2D eigenvalue weighted by Gasteiger charge is 2.49. The molecule has 21 rings (SSSR count). The number of anilines is 6. The van der Waals surface area contributed by atoms with Gasteiger partial charge in [0.25, 0.3) is 6.71 Å². The lowest BCUT2D eigenvalue weighted by Gasteiger charge is -2.48. The van der Waals surface area contributed by atoms with Crippen LogP contribution in [0, 0.1) is 28.6 Å². The number of allylic oxidation sites excluding steroid dienone is 12. The lowest BCUT2D eigenvalue weighted by Crippen LogP contribution is -2.61. The van der Waals surface area contributed by atoms with Crippen LogP contribution in [0.15, 0.2) is 343 Å². The molecular weight excluding hydrogens is 1480 g/mol. The van der Waals surface area contributed by atoms with Crippen LogP contribution in [0.2, 0.25) is 0 Å². The largest absolute Gasteiger partial charge is 0.310 e. The summed E-state index contributed by atoms with van der Waals surface area (Å²) >= 11 is 0. The highest BCUT2D eigenvalue weighted by molar-refractivity contribution is 7.00. The molecule has 0 fully saturated rings. The third-order valence-corrected chi connectivity index (χ3v) is 28.0. The van der Waals surface area contributed by atoms with Crippen LogP contribution in [0.3, 0.4) is 0 Å². The zero-order valence-electron chi connectivity index (χ0n) is 74.8. The van der Waals surface area contributed by atoms with E-state index in [-0.39, 0.29) is 51.0 Å². The molecule has 0 saturated carbocycles. The van der Waals surface area contributed by atoms with E-state index in [1.165, 1.54) is 121 Å². The Morgan fingerprint density at radius 1 is 0.309 bits per heavy atom. The van der Waals surface area contributed by atoms with Crippen LogP contribution in [0.4, 0.5) is 34.1 Å². The molecule has 4 heterocycles. The molecule has 3 atom stereocenters. The Morgan fingerprint density at radius 2 is 0.724 bits per heavy atom. The maximum absolute atomic E-state index is 2.81. The van der Waals surface area contributed by atoms with Gasteiger partial charge in [-0.1, -0.05) is 355 Å². The first kappa shape index (κ1) is 77.9. The van der Waals surface area contributed by atoms with Gasteiger partial charge in [-0.25, -0.2) is 0 Å². The summed E-state index contributed by atoms with van der Waals surface area (Å²) in [6.45, 7) is 42.5. The minimum atomic E-state index is -0.307. The van der Waals surface area contributed by atoms with Crippen molar-refractivity contribution in [3.63, 3.8) is 0 Å². The van der Waals surface area contributed by atoms with Crippen molar-refractivity contribution in [2.45, 2.75) is 153 Å². The van der Waals surface area contributed by atoms with E-state index in [1.807, 2.05) is 0 Å². The van der Waals surface area contributed by atoms with Gasteiger partial charge in [-0.05, 0) is 230 Å². The van der Waals surface area contributed by atoms with E-state index in [0.29, 0.717) is 5.92 Å². The molecule has 2 aromatic heterocycles. The summed E-state index contributed by atoms with van der Waals surface area (Å²) in [5.41, 5.74) is 40.8. The van der Waals surface area contributed by atoms with Gasteiger partial charge in [0.1, 0.15) is 0 Å². The highest BCUT2D eigenvalue weighted by atomic mass is 15.2. The first-order valence-corrected chi connectivity index (χ1v) is 44.8. The van der Waals surface area contributed by atoms with E-state index < -0.39 is 0 Å². The van der Waals surface area contributed by atoms with E-state index in [9.17, 15) is 0 Å². The Kier molecular flexibility index (Phi) is 17.8. The van der Waals surface area contributed by atoms with Gasteiger partial charge in [0.05, 0.1) is 39.1 Å². The topological polar surface area (TPSA) is 16.3 Å². The number of aromatic nitrogens is 2. The van der Waals surface area contributed by atoms with E-state index in [0.717, 1.165) is 96.3 Å². The lowest BCUT2D eigenvalue weighted by atomic mass is 9.33. The van der Waals surface area contributed by atoms with Gasteiger partial charge >= 0.3 is 0 Å². The van der Waals surface area contributed by atoms with Crippen molar-refractivity contribution in [2.75, 3.05) is 9.80 Å². The lowest BCUT2D eigenvalue weighted by molar-refractivity contribution is 0.329. The van der Waals surface area contributed by atoms with Crippen LogP contribution in [-0.4, -0.2) is 15.8 Å². The number of benzene rings is 13. The molecule has 4 aliphatic carbocycles. The first-order valence-electron chi connectivity index (χ1n) is 44.8. The Labute approximate surface area is 728 Å². The molecule has 2 aliphatic heterocycles.